The smallest absolute Gasteiger partial charge is 0.408 e. The first-order valence-corrected chi connectivity index (χ1v) is 10.7. The Labute approximate surface area is 149 Å². The van der Waals surface area contributed by atoms with Crippen molar-refractivity contribution in [1.29, 1.82) is 0 Å². The molecule has 0 bridgehead atoms. The number of rotatable bonds is 1. The molecule has 0 unspecified atom stereocenters. The molecular weight excluding hydrogens is 346 g/mol. The molecule has 1 heterocycles. The van der Waals surface area contributed by atoms with Crippen LogP contribution in [0, 0.1) is 0 Å². The summed E-state index contributed by atoms with van der Waals surface area (Å²) in [5.74, 6) is -0.539. The summed E-state index contributed by atoms with van der Waals surface area (Å²) in [6, 6.07) is -1.39. The van der Waals surface area contributed by atoms with Crippen LogP contribution in [-0.4, -0.2) is 64.1 Å². The van der Waals surface area contributed by atoms with E-state index in [9.17, 15) is 18.6 Å². The van der Waals surface area contributed by atoms with E-state index in [0.29, 0.717) is 0 Å². The maximum atomic E-state index is 12.7. The highest BCUT2D eigenvalue weighted by Gasteiger charge is 2.28. The van der Waals surface area contributed by atoms with Crippen molar-refractivity contribution in [3.63, 3.8) is 0 Å². The van der Waals surface area contributed by atoms with Gasteiger partial charge in [0.05, 0.1) is 0 Å². The molecule has 3 N–H and O–H groups in total. The molecule has 0 radical (unpaired) electrons. The second-order valence-electron chi connectivity index (χ2n) is 7.35. The van der Waals surface area contributed by atoms with Gasteiger partial charge in [-0.05, 0) is 34.0 Å². The summed E-state index contributed by atoms with van der Waals surface area (Å²) in [5.41, 5.74) is -0.706. The summed E-state index contributed by atoms with van der Waals surface area (Å²) < 4.78 is 17.9. The zero-order valence-electron chi connectivity index (χ0n) is 15.4. The van der Waals surface area contributed by atoms with E-state index < -0.39 is 39.6 Å². The first-order valence-electron chi connectivity index (χ1n) is 8.19. The minimum Gasteiger partial charge on any atom is -0.444 e. The molecule has 3 amide bonds. The third-order valence-electron chi connectivity index (χ3n) is 3.37. The Morgan fingerprint density at radius 3 is 2.60 bits per heavy atom. The quantitative estimate of drug-likeness (QED) is 0.471. The Hall–Kier alpha value is -1.90. The monoisotopic (exact) mass is 375 g/mol. The van der Waals surface area contributed by atoms with E-state index in [2.05, 4.69) is 16.0 Å². The molecule has 1 aliphatic rings. The van der Waals surface area contributed by atoms with E-state index in [4.69, 9.17) is 4.74 Å². The summed E-state index contributed by atoms with van der Waals surface area (Å²) in [7, 11) is -2.76. The number of amides is 3. The third kappa shape index (κ3) is 8.67. The van der Waals surface area contributed by atoms with Gasteiger partial charge < -0.3 is 20.7 Å². The average Bonchev–Trinajstić information content (AvgIpc) is 2.40. The molecule has 25 heavy (non-hydrogen) atoms. The zero-order valence-corrected chi connectivity index (χ0v) is 16.3. The van der Waals surface area contributed by atoms with Crippen molar-refractivity contribution >= 4 is 27.8 Å². The van der Waals surface area contributed by atoms with Crippen molar-refractivity contribution in [3.05, 3.63) is 12.2 Å². The second-order valence-corrected chi connectivity index (χ2v) is 10.8. The molecule has 0 saturated heterocycles. The van der Waals surface area contributed by atoms with Crippen LogP contribution >= 0.6 is 0 Å². The van der Waals surface area contributed by atoms with Gasteiger partial charge in [0.2, 0.25) is 11.8 Å². The number of carbonyl (C=O) groups is 3. The fourth-order valence-electron chi connectivity index (χ4n) is 2.20. The van der Waals surface area contributed by atoms with Crippen molar-refractivity contribution in [1.82, 2.24) is 16.0 Å². The lowest BCUT2D eigenvalue weighted by Crippen LogP contribution is -2.54. The Kier molecular flexibility index (Phi) is 7.16. The number of alkyl carbamates (subject to hydrolysis) is 1. The van der Waals surface area contributed by atoms with Gasteiger partial charge in [-0.15, -0.1) is 9.93 Å². The van der Waals surface area contributed by atoms with Crippen molar-refractivity contribution in [2.75, 3.05) is 24.3 Å². The minimum atomic E-state index is -2.76. The normalized spacial score (nSPS) is 27.6. The molecule has 1 rings (SSSR count). The van der Waals surface area contributed by atoms with E-state index in [1.807, 2.05) is 0 Å². The van der Waals surface area contributed by atoms with E-state index in [-0.39, 0.29) is 24.0 Å². The molecule has 144 valence electrons. The fourth-order valence-corrected chi connectivity index (χ4v) is 4.00. The lowest BCUT2D eigenvalue weighted by atomic mass is 10.2. The molecule has 8 nitrogen and oxygen atoms in total. The highest BCUT2D eigenvalue weighted by atomic mass is 32.2. The molecule has 0 saturated carbocycles. The average molecular weight is 375 g/mol. The van der Waals surface area contributed by atoms with Crippen molar-refractivity contribution in [2.24, 2.45) is 0 Å². The molecule has 9 heteroatoms. The maximum Gasteiger partial charge on any atom is 0.408 e. The van der Waals surface area contributed by atoms with Gasteiger partial charge in [0.1, 0.15) is 11.6 Å². The summed E-state index contributed by atoms with van der Waals surface area (Å²) >= 11 is 0. The number of thiol groups is 1. The summed E-state index contributed by atoms with van der Waals surface area (Å²) in [4.78, 5) is 36.1. The van der Waals surface area contributed by atoms with E-state index >= 15 is 0 Å². The standard InChI is InChI=1S/C16H29N3O5S/c1-11-6-7-13(20)17-8-9-25(5,23)10-12(14(21)18-11)19-15(22)24-16(2,3)4/h6-7,11-12,25H,8-10H2,1-5H3,(H,17,20)(H,18,21)(H,19,22)/b7-6+/t11-,12-/m0/s1. The first kappa shape index (κ1) is 21.1. The molecule has 2 atom stereocenters. The van der Waals surface area contributed by atoms with Crippen LogP contribution in [-0.2, 0) is 24.3 Å². The summed E-state index contributed by atoms with van der Waals surface area (Å²) in [6.07, 6.45) is 3.69. The Morgan fingerprint density at radius 2 is 2.00 bits per heavy atom. The summed E-state index contributed by atoms with van der Waals surface area (Å²) in [6.45, 7) is 7.09. The van der Waals surface area contributed by atoms with Gasteiger partial charge in [0.15, 0.2) is 0 Å². The Bertz CT molecular complexity index is 597. The van der Waals surface area contributed by atoms with Crippen LogP contribution < -0.4 is 16.0 Å². The largest absolute Gasteiger partial charge is 0.444 e. The predicted octanol–water partition coefficient (Wildman–Crippen LogP) is -0.283. The molecular formula is C16H29N3O5S. The molecule has 0 aliphatic carbocycles. The van der Waals surface area contributed by atoms with Crippen molar-refractivity contribution in [2.45, 2.75) is 45.4 Å². The predicted molar refractivity (Wildman–Crippen MR) is 98.1 cm³/mol. The van der Waals surface area contributed by atoms with Gasteiger partial charge in [0, 0.05) is 30.2 Å². The van der Waals surface area contributed by atoms with Gasteiger partial charge in [-0.1, -0.05) is 6.08 Å². The van der Waals surface area contributed by atoms with Crippen molar-refractivity contribution < 1.29 is 23.3 Å². The maximum absolute atomic E-state index is 12.7. The van der Waals surface area contributed by atoms with Crippen LogP contribution in [0.4, 0.5) is 4.79 Å². The highest BCUT2D eigenvalue weighted by molar-refractivity contribution is 8.02. The van der Waals surface area contributed by atoms with Gasteiger partial charge >= 0.3 is 6.09 Å². The van der Waals surface area contributed by atoms with Crippen molar-refractivity contribution in [3.8, 4) is 0 Å². The SMILES string of the molecule is C[C@H]1/C=C/C(=O)NCC[SH](C)(=O)C[C@H](NC(=O)OC(C)(C)C)C(=O)N1. The van der Waals surface area contributed by atoms with E-state index in [1.165, 1.54) is 6.08 Å². The highest BCUT2D eigenvalue weighted by Crippen LogP contribution is 2.09. The molecule has 0 aromatic heterocycles. The fraction of sp³-hybridized carbons (Fsp3) is 0.688. The lowest BCUT2D eigenvalue weighted by molar-refractivity contribution is -0.123. The van der Waals surface area contributed by atoms with Crippen LogP contribution in [0.15, 0.2) is 12.2 Å². The van der Waals surface area contributed by atoms with Crippen LogP contribution in [0.1, 0.15) is 27.7 Å². The second kappa shape index (κ2) is 8.46. The summed E-state index contributed by atoms with van der Waals surface area (Å²) in [5, 5.41) is 7.83. The van der Waals surface area contributed by atoms with Gasteiger partial charge in [-0.2, -0.15) is 0 Å². The van der Waals surface area contributed by atoms with E-state index in [0.717, 1.165) is 0 Å². The number of carbonyl (C=O) groups excluding carboxylic acids is 3. The lowest BCUT2D eigenvalue weighted by Gasteiger charge is -2.28. The number of hydrogen-bond donors (Lipinski definition) is 4. The zero-order chi connectivity index (χ0) is 19.3. The molecule has 0 spiro atoms. The molecule has 0 aromatic carbocycles. The molecule has 1 aliphatic heterocycles. The van der Waals surface area contributed by atoms with Gasteiger partial charge in [-0.3, -0.25) is 13.8 Å². The number of hydrogen-bond acceptors (Lipinski definition) is 5. The third-order valence-corrected chi connectivity index (χ3v) is 5.67. The van der Waals surface area contributed by atoms with Gasteiger partial charge in [-0.25, -0.2) is 4.79 Å². The number of nitrogens with one attached hydrogen (secondary N) is 3. The van der Waals surface area contributed by atoms with Crippen LogP contribution in [0.25, 0.3) is 0 Å². The first-order chi connectivity index (χ1) is 11.4. The molecule has 0 aromatic rings. The van der Waals surface area contributed by atoms with Gasteiger partial charge in [0.25, 0.3) is 0 Å². The topological polar surface area (TPSA) is 114 Å². The van der Waals surface area contributed by atoms with Crippen LogP contribution in [0.5, 0.6) is 0 Å². The van der Waals surface area contributed by atoms with Crippen LogP contribution in [0.2, 0.25) is 0 Å². The minimum absolute atomic E-state index is 0.00954. The Morgan fingerprint density at radius 1 is 1.36 bits per heavy atom. The van der Waals surface area contributed by atoms with Crippen LogP contribution in [0.3, 0.4) is 0 Å². The molecule has 0 fully saturated rings. The Balaban J connectivity index is 2.95. The van der Waals surface area contributed by atoms with E-state index in [1.54, 1.807) is 40.0 Å². The number of ether oxygens (including phenoxy) is 1.